The van der Waals surface area contributed by atoms with E-state index in [1.165, 1.54) is 12.1 Å². The second-order valence-electron chi connectivity index (χ2n) is 10.9. The predicted octanol–water partition coefficient (Wildman–Crippen LogP) is 7.60. The van der Waals surface area contributed by atoms with E-state index < -0.39 is 30.0 Å². The molecule has 1 N–H and O–H groups in total. The fraction of sp³-hybridized carbons (Fsp3) is 0.548. The first-order chi connectivity index (χ1) is 19.3. The van der Waals surface area contributed by atoms with Gasteiger partial charge < -0.3 is 19.5 Å². The highest BCUT2D eigenvalue weighted by Gasteiger charge is 2.36. The summed E-state index contributed by atoms with van der Waals surface area (Å²) in [6, 6.07) is 7.65. The number of rotatable bonds is 1. The minimum Gasteiger partial charge on any atom is -0.491 e. The monoisotopic (exact) mass is 557 g/mol. The SMILES string of the molecule is Cc1nc2c3cc(C4CCOCC4)cc(c3n1)OCCCCCCCOCC(F)(F)c1cccc(c1F)[C@@H](C)N2. The summed E-state index contributed by atoms with van der Waals surface area (Å²) >= 11 is 0. The average molecular weight is 558 g/mol. The molecule has 0 aliphatic carbocycles. The number of halogens is 3. The number of nitrogens with zero attached hydrogens (tertiary/aromatic N) is 2. The molecule has 2 aliphatic heterocycles. The first-order valence-corrected chi connectivity index (χ1v) is 14.4. The van der Waals surface area contributed by atoms with Crippen molar-refractivity contribution in [3.05, 3.63) is 58.7 Å². The van der Waals surface area contributed by atoms with Gasteiger partial charge in [-0.2, -0.15) is 8.78 Å². The lowest BCUT2D eigenvalue weighted by molar-refractivity contribution is -0.0853. The molecule has 0 spiro atoms. The molecular formula is C31H38F3N3O3. The summed E-state index contributed by atoms with van der Waals surface area (Å²) in [5.41, 5.74) is 1.29. The highest BCUT2D eigenvalue weighted by Crippen LogP contribution is 2.38. The molecule has 1 saturated heterocycles. The third kappa shape index (κ3) is 6.52. The largest absolute Gasteiger partial charge is 0.491 e. The number of hydrogen-bond acceptors (Lipinski definition) is 6. The number of anilines is 1. The van der Waals surface area contributed by atoms with Crippen LogP contribution in [0.3, 0.4) is 0 Å². The molecule has 0 saturated carbocycles. The van der Waals surface area contributed by atoms with E-state index in [9.17, 15) is 0 Å². The zero-order chi connectivity index (χ0) is 28.1. The molecule has 9 heteroatoms. The Morgan fingerprint density at radius 3 is 2.48 bits per heavy atom. The highest BCUT2D eigenvalue weighted by atomic mass is 19.3. The maximum Gasteiger partial charge on any atom is 0.298 e. The summed E-state index contributed by atoms with van der Waals surface area (Å²) < 4.78 is 62.8. The quantitative estimate of drug-likeness (QED) is 0.333. The Bertz CT molecular complexity index is 1310. The summed E-state index contributed by atoms with van der Waals surface area (Å²) in [6.07, 6.45) is 6.16. The second kappa shape index (κ2) is 12.7. The van der Waals surface area contributed by atoms with Crippen molar-refractivity contribution in [1.82, 2.24) is 9.97 Å². The third-order valence-corrected chi connectivity index (χ3v) is 7.81. The van der Waals surface area contributed by atoms with Gasteiger partial charge in [0, 0.05) is 30.8 Å². The molecule has 2 aliphatic rings. The van der Waals surface area contributed by atoms with Gasteiger partial charge in [0.15, 0.2) is 0 Å². The number of aromatic nitrogens is 2. The summed E-state index contributed by atoms with van der Waals surface area (Å²) in [4.78, 5) is 9.39. The van der Waals surface area contributed by atoms with Crippen LogP contribution < -0.4 is 10.1 Å². The van der Waals surface area contributed by atoms with Crippen LogP contribution in [-0.4, -0.2) is 43.0 Å². The maximum absolute atomic E-state index is 15.6. The van der Waals surface area contributed by atoms with Crippen LogP contribution in [0.2, 0.25) is 0 Å². The minimum atomic E-state index is -3.44. The van der Waals surface area contributed by atoms with Crippen LogP contribution in [0.1, 0.15) is 86.3 Å². The number of benzene rings is 2. The Hall–Kier alpha value is -2.91. The van der Waals surface area contributed by atoms with E-state index in [1.54, 1.807) is 13.8 Å². The van der Waals surface area contributed by atoms with Crippen molar-refractivity contribution in [2.75, 3.05) is 38.4 Å². The molecule has 3 heterocycles. The van der Waals surface area contributed by atoms with Crippen molar-refractivity contribution < 1.29 is 27.4 Å². The topological polar surface area (TPSA) is 65.5 Å². The number of aryl methyl sites for hydroxylation is 1. The van der Waals surface area contributed by atoms with Gasteiger partial charge >= 0.3 is 0 Å². The molecule has 1 fully saturated rings. The van der Waals surface area contributed by atoms with Crippen LogP contribution in [0.25, 0.3) is 10.9 Å². The molecule has 1 atom stereocenters. The van der Waals surface area contributed by atoms with Gasteiger partial charge in [0.1, 0.15) is 35.3 Å². The van der Waals surface area contributed by atoms with E-state index in [1.807, 2.05) is 0 Å². The maximum atomic E-state index is 15.6. The Labute approximate surface area is 233 Å². The summed E-state index contributed by atoms with van der Waals surface area (Å²) in [6.45, 7) is 4.87. The Kier molecular flexibility index (Phi) is 9.10. The molecule has 0 radical (unpaired) electrons. The van der Waals surface area contributed by atoms with Gasteiger partial charge in [-0.15, -0.1) is 0 Å². The van der Waals surface area contributed by atoms with Crippen LogP contribution in [0.15, 0.2) is 30.3 Å². The zero-order valence-corrected chi connectivity index (χ0v) is 23.3. The van der Waals surface area contributed by atoms with E-state index in [0.29, 0.717) is 55.1 Å². The Morgan fingerprint density at radius 1 is 0.925 bits per heavy atom. The number of alkyl halides is 2. The zero-order valence-electron chi connectivity index (χ0n) is 23.3. The van der Waals surface area contributed by atoms with E-state index in [0.717, 1.165) is 55.5 Å². The molecule has 1 aromatic heterocycles. The molecule has 6 nitrogen and oxygen atoms in total. The summed E-state index contributed by atoms with van der Waals surface area (Å²) in [5.74, 6) is -2.31. The lowest BCUT2D eigenvalue weighted by atomic mass is 9.90. The number of nitrogens with one attached hydrogen (secondary N) is 1. The van der Waals surface area contributed by atoms with Crippen molar-refractivity contribution >= 4 is 16.7 Å². The van der Waals surface area contributed by atoms with Crippen LogP contribution in [0.4, 0.5) is 19.0 Å². The van der Waals surface area contributed by atoms with Crippen molar-refractivity contribution in [2.45, 2.75) is 76.7 Å². The molecule has 40 heavy (non-hydrogen) atoms. The minimum absolute atomic E-state index is 0.132. The van der Waals surface area contributed by atoms with Crippen LogP contribution >= 0.6 is 0 Å². The van der Waals surface area contributed by atoms with Crippen LogP contribution in [-0.2, 0) is 15.4 Å². The van der Waals surface area contributed by atoms with Crippen molar-refractivity contribution in [1.29, 1.82) is 0 Å². The molecule has 5 rings (SSSR count). The summed E-state index contributed by atoms with van der Waals surface area (Å²) in [5, 5.41) is 4.07. The number of ether oxygens (including phenoxy) is 3. The fourth-order valence-electron chi connectivity index (χ4n) is 5.57. The van der Waals surface area contributed by atoms with Gasteiger partial charge in [-0.05, 0) is 69.2 Å². The number of fused-ring (bicyclic) bond motifs is 2. The number of hydrogen-bond donors (Lipinski definition) is 1. The van der Waals surface area contributed by atoms with E-state index in [4.69, 9.17) is 19.2 Å². The highest BCUT2D eigenvalue weighted by molar-refractivity contribution is 5.94. The first kappa shape index (κ1) is 28.6. The van der Waals surface area contributed by atoms with E-state index >= 15 is 13.2 Å². The van der Waals surface area contributed by atoms with E-state index in [2.05, 4.69) is 22.4 Å². The first-order valence-electron chi connectivity index (χ1n) is 14.4. The van der Waals surface area contributed by atoms with Gasteiger partial charge in [-0.25, -0.2) is 14.4 Å². The van der Waals surface area contributed by atoms with E-state index in [-0.39, 0.29) is 12.2 Å². The molecule has 3 aromatic rings. The molecule has 216 valence electrons. The predicted molar refractivity (Wildman–Crippen MR) is 149 cm³/mol. The van der Waals surface area contributed by atoms with Gasteiger partial charge in [-0.1, -0.05) is 31.4 Å². The molecule has 2 aromatic carbocycles. The van der Waals surface area contributed by atoms with Gasteiger partial charge in [-0.3, -0.25) is 0 Å². The lowest BCUT2D eigenvalue weighted by Crippen LogP contribution is -2.24. The van der Waals surface area contributed by atoms with Gasteiger partial charge in [0.05, 0.1) is 18.2 Å². The Balaban J connectivity index is 1.57. The molecular weight excluding hydrogens is 519 g/mol. The standard InChI is InChI=1S/C31H38F3N3O3/c1-20-24-9-8-10-26(28(24)32)31(33,34)19-39-13-6-4-3-5-7-14-40-27-18-23(22-11-15-38-16-12-22)17-25-29(27)36-21(2)37-30(25)35-20/h8-10,17-18,20,22H,3-7,11-16,19H2,1-2H3,(H,35,36,37)/t20-/m1/s1. The van der Waals surface area contributed by atoms with Crippen LogP contribution in [0.5, 0.6) is 5.75 Å². The fourth-order valence-corrected chi connectivity index (χ4v) is 5.57. The smallest absolute Gasteiger partial charge is 0.298 e. The van der Waals surface area contributed by atoms with Gasteiger partial charge in [0.2, 0.25) is 0 Å². The normalized spacial score (nSPS) is 21.5. The van der Waals surface area contributed by atoms with Gasteiger partial charge in [0.25, 0.3) is 5.92 Å². The van der Waals surface area contributed by atoms with Crippen molar-refractivity contribution in [2.24, 2.45) is 0 Å². The second-order valence-corrected chi connectivity index (χ2v) is 10.9. The summed E-state index contributed by atoms with van der Waals surface area (Å²) in [7, 11) is 0. The Morgan fingerprint density at radius 2 is 1.68 bits per heavy atom. The van der Waals surface area contributed by atoms with Crippen molar-refractivity contribution in [3.63, 3.8) is 0 Å². The molecule has 0 amide bonds. The molecule has 6 bridgehead atoms. The lowest BCUT2D eigenvalue weighted by Gasteiger charge is -2.25. The third-order valence-electron chi connectivity index (χ3n) is 7.81. The molecule has 0 unspecified atom stereocenters. The van der Waals surface area contributed by atoms with Crippen LogP contribution in [0, 0.1) is 12.7 Å². The van der Waals surface area contributed by atoms with Crippen molar-refractivity contribution in [3.8, 4) is 5.75 Å². The average Bonchev–Trinajstić information content (AvgIpc) is 2.94.